The van der Waals surface area contributed by atoms with Crippen LogP contribution in [0.3, 0.4) is 0 Å². The predicted molar refractivity (Wildman–Crippen MR) is 69.8 cm³/mol. The molecule has 1 fully saturated rings. The highest BCUT2D eigenvalue weighted by Gasteiger charge is 2.25. The summed E-state index contributed by atoms with van der Waals surface area (Å²) in [5, 5.41) is 0. The van der Waals surface area contributed by atoms with Gasteiger partial charge in [0, 0.05) is 18.2 Å². The van der Waals surface area contributed by atoms with Crippen LogP contribution in [0.4, 0.5) is 0 Å². The minimum atomic E-state index is -0.261. The van der Waals surface area contributed by atoms with Crippen LogP contribution in [0.25, 0.3) is 0 Å². The Morgan fingerprint density at radius 3 is 2.65 bits per heavy atom. The van der Waals surface area contributed by atoms with Gasteiger partial charge in [-0.05, 0) is 32.7 Å². The van der Waals surface area contributed by atoms with E-state index < -0.39 is 0 Å². The second-order valence-electron chi connectivity index (χ2n) is 5.07. The Morgan fingerprint density at radius 2 is 2.06 bits per heavy atom. The van der Waals surface area contributed by atoms with Crippen LogP contribution in [0.2, 0.25) is 0 Å². The zero-order valence-electron chi connectivity index (χ0n) is 11.4. The third-order valence-corrected chi connectivity index (χ3v) is 3.64. The molecule has 0 aromatic carbocycles. The smallest absolute Gasteiger partial charge is 0.334 e. The lowest BCUT2D eigenvalue weighted by Crippen LogP contribution is -2.40. The topological polar surface area (TPSA) is 29.5 Å². The summed E-state index contributed by atoms with van der Waals surface area (Å²) in [5.74, 6) is 0.451. The predicted octanol–water partition coefficient (Wildman–Crippen LogP) is 2.62. The first kappa shape index (κ1) is 14.2. The van der Waals surface area contributed by atoms with Gasteiger partial charge in [0.05, 0.1) is 6.61 Å². The van der Waals surface area contributed by atoms with Crippen LogP contribution in [-0.4, -0.2) is 37.1 Å². The van der Waals surface area contributed by atoms with Crippen molar-refractivity contribution in [1.29, 1.82) is 0 Å². The van der Waals surface area contributed by atoms with Gasteiger partial charge in [-0.25, -0.2) is 4.79 Å². The lowest BCUT2D eigenvalue weighted by atomic mass is 9.85. The number of hydrogen-bond donors (Lipinski definition) is 0. The zero-order chi connectivity index (χ0) is 12.8. The minimum absolute atomic E-state index is 0.261. The molecule has 3 nitrogen and oxygen atoms in total. The van der Waals surface area contributed by atoms with E-state index in [0.717, 1.165) is 0 Å². The maximum absolute atomic E-state index is 11.5. The molecular weight excluding hydrogens is 214 g/mol. The molecular formula is C14H25NO2. The molecule has 3 heteroatoms. The van der Waals surface area contributed by atoms with E-state index in [4.69, 9.17) is 4.74 Å². The summed E-state index contributed by atoms with van der Waals surface area (Å²) < 4.78 is 4.95. The van der Waals surface area contributed by atoms with Crippen LogP contribution in [0.5, 0.6) is 0 Å². The van der Waals surface area contributed by atoms with Gasteiger partial charge in [-0.2, -0.15) is 0 Å². The molecule has 17 heavy (non-hydrogen) atoms. The number of esters is 1. The highest BCUT2D eigenvalue weighted by Crippen LogP contribution is 2.27. The molecule has 1 rings (SSSR count). The fourth-order valence-electron chi connectivity index (χ4n) is 2.67. The minimum Gasteiger partial charge on any atom is -0.463 e. The Kier molecular flexibility index (Phi) is 5.69. The zero-order valence-corrected chi connectivity index (χ0v) is 11.4. The second-order valence-corrected chi connectivity index (χ2v) is 5.07. The normalized spacial score (nSPS) is 24.7. The summed E-state index contributed by atoms with van der Waals surface area (Å²) in [5.41, 5.74) is 0.562. The van der Waals surface area contributed by atoms with Gasteiger partial charge < -0.3 is 4.74 Å². The van der Waals surface area contributed by atoms with Crippen molar-refractivity contribution < 1.29 is 9.53 Å². The van der Waals surface area contributed by atoms with Gasteiger partial charge in [0.15, 0.2) is 0 Å². The third kappa shape index (κ3) is 4.15. The Morgan fingerprint density at radius 1 is 1.41 bits per heavy atom. The quantitative estimate of drug-likeness (QED) is 0.545. The molecule has 2 unspecified atom stereocenters. The van der Waals surface area contributed by atoms with Gasteiger partial charge in [0.25, 0.3) is 0 Å². The summed E-state index contributed by atoms with van der Waals surface area (Å²) >= 11 is 0. The molecule has 0 spiro atoms. The molecule has 98 valence electrons. The SMILES string of the molecule is C=C(CN(C)C1CCCCC1C)C(=O)OCC. The standard InChI is InChI=1S/C14H25NO2/c1-5-17-14(16)12(3)10-15(4)13-9-7-6-8-11(13)2/h11,13H,3,5-10H2,1-2,4H3. The fourth-order valence-corrected chi connectivity index (χ4v) is 2.67. The largest absolute Gasteiger partial charge is 0.463 e. The maximum Gasteiger partial charge on any atom is 0.334 e. The molecule has 1 aliphatic rings. The number of nitrogens with zero attached hydrogens (tertiary/aromatic N) is 1. The van der Waals surface area contributed by atoms with Crippen LogP contribution in [-0.2, 0) is 9.53 Å². The molecule has 2 atom stereocenters. The van der Waals surface area contributed by atoms with E-state index in [1.165, 1.54) is 25.7 Å². The summed E-state index contributed by atoms with van der Waals surface area (Å²) in [7, 11) is 2.08. The summed E-state index contributed by atoms with van der Waals surface area (Å²) in [6.07, 6.45) is 5.16. The number of carbonyl (C=O) groups excluding carboxylic acids is 1. The van der Waals surface area contributed by atoms with E-state index in [-0.39, 0.29) is 5.97 Å². The van der Waals surface area contributed by atoms with Crippen molar-refractivity contribution in [3.8, 4) is 0 Å². The lowest BCUT2D eigenvalue weighted by molar-refractivity contribution is -0.138. The van der Waals surface area contributed by atoms with Crippen LogP contribution >= 0.6 is 0 Å². The summed E-state index contributed by atoms with van der Waals surface area (Å²) in [6, 6.07) is 0.579. The van der Waals surface area contributed by atoms with E-state index in [9.17, 15) is 4.79 Å². The summed E-state index contributed by atoms with van der Waals surface area (Å²) in [6.45, 7) is 8.97. The average Bonchev–Trinajstić information content (AvgIpc) is 2.29. The molecule has 1 saturated carbocycles. The molecule has 0 heterocycles. The lowest BCUT2D eigenvalue weighted by Gasteiger charge is -2.36. The first-order valence-electron chi connectivity index (χ1n) is 6.61. The molecule has 0 radical (unpaired) electrons. The van der Waals surface area contributed by atoms with Gasteiger partial charge in [-0.15, -0.1) is 0 Å². The third-order valence-electron chi connectivity index (χ3n) is 3.64. The molecule has 0 bridgehead atoms. The van der Waals surface area contributed by atoms with Crippen LogP contribution in [0.15, 0.2) is 12.2 Å². The molecule has 0 saturated heterocycles. The number of carbonyl (C=O) groups is 1. The van der Waals surface area contributed by atoms with Gasteiger partial charge in [-0.3, -0.25) is 4.90 Å². The van der Waals surface area contributed by atoms with Crippen LogP contribution in [0.1, 0.15) is 39.5 Å². The van der Waals surface area contributed by atoms with Crippen molar-refractivity contribution in [1.82, 2.24) is 4.90 Å². The monoisotopic (exact) mass is 239 g/mol. The number of ether oxygens (including phenoxy) is 1. The van der Waals surface area contributed by atoms with Crippen molar-refractivity contribution >= 4 is 5.97 Å². The fraction of sp³-hybridized carbons (Fsp3) is 0.786. The average molecular weight is 239 g/mol. The Labute approximate surface area is 105 Å². The number of rotatable bonds is 5. The van der Waals surface area contributed by atoms with E-state index in [2.05, 4.69) is 25.5 Å². The Hall–Kier alpha value is -0.830. The van der Waals surface area contributed by atoms with Crippen LogP contribution in [0, 0.1) is 5.92 Å². The van der Waals surface area contributed by atoms with Crippen molar-refractivity contribution in [2.75, 3.05) is 20.2 Å². The molecule has 0 amide bonds. The Bertz CT molecular complexity index is 275. The first-order chi connectivity index (χ1) is 8.06. The maximum atomic E-state index is 11.5. The van der Waals surface area contributed by atoms with Gasteiger partial charge >= 0.3 is 5.97 Å². The van der Waals surface area contributed by atoms with Gasteiger partial charge in [0.2, 0.25) is 0 Å². The molecule has 0 aliphatic heterocycles. The highest BCUT2D eigenvalue weighted by molar-refractivity contribution is 5.88. The van der Waals surface area contributed by atoms with E-state index >= 15 is 0 Å². The molecule has 0 N–H and O–H groups in total. The Balaban J connectivity index is 2.44. The molecule has 0 aromatic rings. The van der Waals surface area contributed by atoms with Gasteiger partial charge in [0.1, 0.15) is 0 Å². The first-order valence-corrected chi connectivity index (χ1v) is 6.61. The van der Waals surface area contributed by atoms with Crippen LogP contribution < -0.4 is 0 Å². The number of likely N-dealkylation sites (N-methyl/N-ethyl adjacent to an activating group) is 1. The van der Waals surface area contributed by atoms with E-state index in [0.29, 0.717) is 30.7 Å². The number of hydrogen-bond acceptors (Lipinski definition) is 3. The molecule has 1 aliphatic carbocycles. The van der Waals surface area contributed by atoms with Gasteiger partial charge in [-0.1, -0.05) is 26.3 Å². The van der Waals surface area contributed by atoms with Crippen molar-refractivity contribution in [2.45, 2.75) is 45.6 Å². The highest BCUT2D eigenvalue weighted by atomic mass is 16.5. The van der Waals surface area contributed by atoms with Crippen molar-refractivity contribution in [3.63, 3.8) is 0 Å². The van der Waals surface area contributed by atoms with E-state index in [1.807, 2.05) is 6.92 Å². The second kappa shape index (κ2) is 6.80. The van der Waals surface area contributed by atoms with Crippen molar-refractivity contribution in [3.05, 3.63) is 12.2 Å². The van der Waals surface area contributed by atoms with E-state index in [1.54, 1.807) is 0 Å². The summed E-state index contributed by atoms with van der Waals surface area (Å²) in [4.78, 5) is 13.7. The van der Waals surface area contributed by atoms with Crippen molar-refractivity contribution in [2.24, 2.45) is 5.92 Å². The molecule has 0 aromatic heterocycles.